The van der Waals surface area contributed by atoms with E-state index in [1.54, 1.807) is 0 Å². The summed E-state index contributed by atoms with van der Waals surface area (Å²) in [7, 11) is 0. The molecule has 0 amide bonds. The van der Waals surface area contributed by atoms with Gasteiger partial charge in [-0.25, -0.2) is 8.78 Å². The number of pyridine rings is 1. The molecule has 0 aromatic carbocycles. The summed E-state index contributed by atoms with van der Waals surface area (Å²) >= 11 is 1.25. The smallest absolute Gasteiger partial charge is 0.392 e. The zero-order valence-corrected chi connectivity index (χ0v) is 9.68. The summed E-state index contributed by atoms with van der Waals surface area (Å²) in [4.78, 5) is 2.96. The topological polar surface area (TPSA) is 33.1 Å². The van der Waals surface area contributed by atoms with Gasteiger partial charge in [-0.15, -0.1) is 0 Å². The van der Waals surface area contributed by atoms with Gasteiger partial charge in [-0.1, -0.05) is 0 Å². The van der Waals surface area contributed by atoms with Gasteiger partial charge in [-0.2, -0.15) is 13.2 Å². The molecule has 90 valence electrons. The first-order valence-electron chi connectivity index (χ1n) is 3.92. The standard InChI is InChI=1S/C8H5F5INO/c9-7(10)3-1-15-6(8(11,12)13)5(14)4(3)2-16/h1,7,16H,2H2. The van der Waals surface area contributed by atoms with Crippen LogP contribution >= 0.6 is 22.6 Å². The van der Waals surface area contributed by atoms with Gasteiger partial charge in [0.2, 0.25) is 0 Å². The first-order valence-corrected chi connectivity index (χ1v) is 5.00. The van der Waals surface area contributed by atoms with E-state index in [4.69, 9.17) is 5.11 Å². The highest BCUT2D eigenvalue weighted by molar-refractivity contribution is 14.1. The Labute approximate surface area is 101 Å². The van der Waals surface area contributed by atoms with E-state index in [1.807, 2.05) is 0 Å². The maximum Gasteiger partial charge on any atom is 0.434 e. The Morgan fingerprint density at radius 2 is 1.94 bits per heavy atom. The van der Waals surface area contributed by atoms with Crippen LogP contribution in [-0.2, 0) is 12.8 Å². The third kappa shape index (κ3) is 2.59. The lowest BCUT2D eigenvalue weighted by Crippen LogP contribution is -2.14. The Morgan fingerprint density at radius 1 is 1.38 bits per heavy atom. The number of hydrogen-bond donors (Lipinski definition) is 1. The van der Waals surface area contributed by atoms with Crippen molar-refractivity contribution in [2.75, 3.05) is 0 Å². The number of aliphatic hydroxyl groups is 1. The molecule has 0 spiro atoms. The van der Waals surface area contributed by atoms with E-state index in [2.05, 4.69) is 4.98 Å². The fraction of sp³-hybridized carbons (Fsp3) is 0.375. The molecule has 8 heteroatoms. The maximum atomic E-state index is 12.4. The predicted octanol–water partition coefficient (Wildman–Crippen LogP) is 3.13. The Bertz CT molecular complexity index is 393. The van der Waals surface area contributed by atoms with Gasteiger partial charge in [0.25, 0.3) is 6.43 Å². The molecule has 1 heterocycles. The van der Waals surface area contributed by atoms with Crippen LogP contribution in [0, 0.1) is 3.57 Å². The average Bonchev–Trinajstić information content (AvgIpc) is 2.14. The predicted molar refractivity (Wildman–Crippen MR) is 52.8 cm³/mol. The highest BCUT2D eigenvalue weighted by atomic mass is 127. The van der Waals surface area contributed by atoms with Crippen LogP contribution in [0.4, 0.5) is 22.0 Å². The Hall–Kier alpha value is -0.510. The van der Waals surface area contributed by atoms with Crippen LogP contribution in [-0.4, -0.2) is 10.1 Å². The van der Waals surface area contributed by atoms with Gasteiger partial charge in [-0.05, 0) is 22.6 Å². The molecule has 1 N–H and O–H groups in total. The first-order chi connectivity index (χ1) is 7.29. The largest absolute Gasteiger partial charge is 0.434 e. The van der Waals surface area contributed by atoms with Crippen molar-refractivity contribution in [2.45, 2.75) is 19.2 Å². The average molecular weight is 353 g/mol. The fourth-order valence-corrected chi connectivity index (χ4v) is 2.01. The number of halogens is 6. The van der Waals surface area contributed by atoms with E-state index in [1.165, 1.54) is 22.6 Å². The van der Waals surface area contributed by atoms with Crippen LogP contribution in [0.15, 0.2) is 6.20 Å². The van der Waals surface area contributed by atoms with E-state index in [0.717, 1.165) is 0 Å². The second-order valence-electron chi connectivity index (χ2n) is 2.81. The van der Waals surface area contributed by atoms with Gasteiger partial charge in [0.05, 0.1) is 6.61 Å². The lowest BCUT2D eigenvalue weighted by atomic mass is 10.1. The molecule has 0 aliphatic rings. The highest BCUT2D eigenvalue weighted by Gasteiger charge is 2.36. The van der Waals surface area contributed by atoms with Crippen LogP contribution < -0.4 is 0 Å². The number of nitrogens with zero attached hydrogens (tertiary/aromatic N) is 1. The van der Waals surface area contributed by atoms with Crippen molar-refractivity contribution < 1.29 is 27.1 Å². The molecule has 1 aromatic rings. The summed E-state index contributed by atoms with van der Waals surface area (Å²) in [6.07, 6.45) is -7.24. The number of aliphatic hydroxyl groups excluding tert-OH is 1. The number of rotatable bonds is 2. The van der Waals surface area contributed by atoms with E-state index >= 15 is 0 Å². The molecule has 0 bridgehead atoms. The van der Waals surface area contributed by atoms with Crippen molar-refractivity contribution in [1.29, 1.82) is 0 Å². The fourth-order valence-electron chi connectivity index (χ4n) is 1.08. The quantitative estimate of drug-likeness (QED) is 0.655. The first kappa shape index (κ1) is 13.6. The molecule has 0 fully saturated rings. The highest BCUT2D eigenvalue weighted by Crippen LogP contribution is 2.35. The molecule has 0 aliphatic carbocycles. The molecule has 0 saturated heterocycles. The molecule has 1 aromatic heterocycles. The summed E-state index contributed by atoms with van der Waals surface area (Å²) in [5, 5.41) is 8.81. The van der Waals surface area contributed by atoms with Crippen LogP contribution in [0.3, 0.4) is 0 Å². The number of aromatic nitrogens is 1. The molecule has 1 rings (SSSR count). The summed E-state index contributed by atoms with van der Waals surface area (Å²) in [5.41, 5.74) is -2.38. The van der Waals surface area contributed by atoms with Gasteiger partial charge in [0.15, 0.2) is 5.69 Å². The van der Waals surface area contributed by atoms with Gasteiger partial charge in [-0.3, -0.25) is 4.98 Å². The minimum atomic E-state index is -4.72. The monoisotopic (exact) mass is 353 g/mol. The lowest BCUT2D eigenvalue weighted by molar-refractivity contribution is -0.142. The molecule has 16 heavy (non-hydrogen) atoms. The summed E-state index contributed by atoms with van der Waals surface area (Å²) in [6.45, 7) is -0.885. The van der Waals surface area contributed by atoms with Crippen LogP contribution in [0.2, 0.25) is 0 Å². The summed E-state index contributed by atoms with van der Waals surface area (Å²) in [5.74, 6) is 0. The van der Waals surface area contributed by atoms with Crippen molar-refractivity contribution in [3.63, 3.8) is 0 Å². The van der Waals surface area contributed by atoms with Gasteiger partial charge in [0.1, 0.15) is 0 Å². The third-order valence-electron chi connectivity index (χ3n) is 1.82. The van der Waals surface area contributed by atoms with Crippen molar-refractivity contribution in [3.05, 3.63) is 26.6 Å². The van der Waals surface area contributed by atoms with Gasteiger partial charge in [0, 0.05) is 20.9 Å². The van der Waals surface area contributed by atoms with E-state index < -0.39 is 39.6 Å². The zero-order chi connectivity index (χ0) is 12.5. The Kier molecular flexibility index (Phi) is 4.05. The normalized spacial score (nSPS) is 12.2. The Morgan fingerprint density at radius 3 is 2.31 bits per heavy atom. The molecule has 0 aliphatic heterocycles. The second-order valence-corrected chi connectivity index (χ2v) is 3.89. The van der Waals surface area contributed by atoms with Gasteiger partial charge < -0.3 is 5.11 Å². The SMILES string of the molecule is OCc1c(C(F)F)cnc(C(F)(F)F)c1I. The molecule has 0 saturated carbocycles. The summed E-state index contributed by atoms with van der Waals surface area (Å²) < 4.78 is 61.4. The molecular formula is C8H5F5INO. The van der Waals surface area contributed by atoms with E-state index in [9.17, 15) is 22.0 Å². The zero-order valence-electron chi connectivity index (χ0n) is 7.52. The minimum absolute atomic E-state index is 0.432. The van der Waals surface area contributed by atoms with Crippen molar-refractivity contribution >= 4 is 22.6 Å². The van der Waals surface area contributed by atoms with E-state index in [0.29, 0.717) is 6.20 Å². The minimum Gasteiger partial charge on any atom is -0.392 e. The van der Waals surface area contributed by atoms with Crippen LogP contribution in [0.5, 0.6) is 0 Å². The maximum absolute atomic E-state index is 12.4. The lowest BCUT2D eigenvalue weighted by Gasteiger charge is -2.13. The van der Waals surface area contributed by atoms with Gasteiger partial charge >= 0.3 is 6.18 Å². The van der Waals surface area contributed by atoms with E-state index in [-0.39, 0.29) is 0 Å². The van der Waals surface area contributed by atoms with Crippen LogP contribution in [0.1, 0.15) is 23.2 Å². The number of hydrogen-bond acceptors (Lipinski definition) is 2. The second kappa shape index (κ2) is 4.78. The molecule has 0 radical (unpaired) electrons. The van der Waals surface area contributed by atoms with Crippen molar-refractivity contribution in [1.82, 2.24) is 4.98 Å². The van der Waals surface area contributed by atoms with Crippen molar-refractivity contribution in [2.24, 2.45) is 0 Å². The molecule has 0 unspecified atom stereocenters. The van der Waals surface area contributed by atoms with Crippen LogP contribution in [0.25, 0.3) is 0 Å². The summed E-state index contributed by atoms with van der Waals surface area (Å²) in [6, 6.07) is 0. The molecule has 2 nitrogen and oxygen atoms in total. The molecule has 0 atom stereocenters. The van der Waals surface area contributed by atoms with Crippen molar-refractivity contribution in [3.8, 4) is 0 Å². The molecular weight excluding hydrogens is 348 g/mol. The third-order valence-corrected chi connectivity index (χ3v) is 2.98. The number of alkyl halides is 5. The Balaban J connectivity index is 3.41.